The van der Waals surface area contributed by atoms with E-state index in [1.165, 1.54) is 47.1 Å². The number of para-hydroxylation sites is 2. The van der Waals surface area contributed by atoms with Crippen molar-refractivity contribution in [1.82, 2.24) is 19.5 Å². The molecule has 0 saturated heterocycles. The molecule has 0 saturated carbocycles. The van der Waals surface area contributed by atoms with Crippen molar-refractivity contribution in [3.63, 3.8) is 0 Å². The van der Waals surface area contributed by atoms with E-state index < -0.39 is 0 Å². The molecule has 13 aromatic rings. The van der Waals surface area contributed by atoms with Gasteiger partial charge in [0.15, 0.2) is 17.5 Å². The van der Waals surface area contributed by atoms with Gasteiger partial charge in [0.05, 0.1) is 27.7 Å². The zero-order chi connectivity index (χ0) is 38.6. The summed E-state index contributed by atoms with van der Waals surface area (Å²) < 4.78 is 11.7. The van der Waals surface area contributed by atoms with Gasteiger partial charge in [-0.25, -0.2) is 15.0 Å². The molecule has 4 aromatic heterocycles. The first-order valence-electron chi connectivity index (χ1n) is 19.8. The minimum atomic E-state index is 0.554. The number of hydrogen-bond acceptors (Lipinski definition) is 5. The van der Waals surface area contributed by atoms with Crippen LogP contribution < -0.4 is 0 Å². The molecule has 0 unspecified atom stereocenters. The standard InChI is InChI=1S/C53H30N4OS/c1-2-12-32-27-35(22-21-31(32)11-1)51-54-52(36-23-24-39-38-16-7-10-20-47(38)59-48(39)30-36)56-53(55-51)41-25-26-44(49-40-17-6-9-19-46(40)58-50(41)49)57-43-18-8-5-15-37(43)42-28-33-13-3-4-14-34(33)29-45(42)57/h1-30H. The van der Waals surface area contributed by atoms with Crippen LogP contribution in [0.1, 0.15) is 0 Å². The van der Waals surface area contributed by atoms with Crippen LogP contribution in [0.2, 0.25) is 0 Å². The molecule has 0 aliphatic rings. The van der Waals surface area contributed by atoms with E-state index in [-0.39, 0.29) is 0 Å². The normalized spacial score (nSPS) is 12.1. The highest BCUT2D eigenvalue weighted by Crippen LogP contribution is 2.43. The van der Waals surface area contributed by atoms with Crippen molar-refractivity contribution in [2.24, 2.45) is 0 Å². The van der Waals surface area contributed by atoms with Crippen molar-refractivity contribution < 1.29 is 4.42 Å². The van der Waals surface area contributed by atoms with Gasteiger partial charge in [-0.15, -0.1) is 11.3 Å². The molecule has 13 rings (SSSR count). The Labute approximate surface area is 341 Å². The lowest BCUT2D eigenvalue weighted by Gasteiger charge is -2.13. The minimum absolute atomic E-state index is 0.554. The van der Waals surface area contributed by atoms with Crippen molar-refractivity contribution in [1.29, 1.82) is 0 Å². The molecule has 0 fully saturated rings. The Bertz CT molecular complexity index is 3870. The third-order valence-corrected chi connectivity index (χ3v) is 12.9. The molecule has 4 heterocycles. The zero-order valence-electron chi connectivity index (χ0n) is 31.4. The molecule has 0 bridgehead atoms. The van der Waals surface area contributed by atoms with Crippen LogP contribution in [0, 0.1) is 0 Å². The summed E-state index contributed by atoms with van der Waals surface area (Å²) >= 11 is 1.79. The van der Waals surface area contributed by atoms with Crippen LogP contribution in [0.15, 0.2) is 186 Å². The molecule has 0 atom stereocenters. The number of thiophene rings is 1. The molecule has 0 N–H and O–H groups in total. The first-order chi connectivity index (χ1) is 29.2. The van der Waals surface area contributed by atoms with Gasteiger partial charge in [-0.1, -0.05) is 127 Å². The molecule has 274 valence electrons. The van der Waals surface area contributed by atoms with E-state index in [0.717, 1.165) is 60.7 Å². The van der Waals surface area contributed by atoms with Crippen molar-refractivity contribution in [3.05, 3.63) is 182 Å². The van der Waals surface area contributed by atoms with Crippen LogP contribution >= 0.6 is 11.3 Å². The summed E-state index contributed by atoms with van der Waals surface area (Å²) in [5.74, 6) is 1.77. The maximum atomic E-state index is 6.90. The Morgan fingerprint density at radius 3 is 1.88 bits per heavy atom. The van der Waals surface area contributed by atoms with E-state index in [9.17, 15) is 0 Å². The highest BCUT2D eigenvalue weighted by atomic mass is 32.1. The first-order valence-corrected chi connectivity index (χ1v) is 20.6. The largest absolute Gasteiger partial charge is 0.455 e. The predicted octanol–water partition coefficient (Wildman–Crippen LogP) is 14.5. The van der Waals surface area contributed by atoms with Gasteiger partial charge in [-0.05, 0) is 76.1 Å². The topological polar surface area (TPSA) is 56.7 Å². The lowest BCUT2D eigenvalue weighted by molar-refractivity contribution is 0.669. The molecule has 5 nitrogen and oxygen atoms in total. The van der Waals surface area contributed by atoms with Crippen LogP contribution in [0.5, 0.6) is 0 Å². The molecular weight excluding hydrogens is 741 g/mol. The van der Waals surface area contributed by atoms with E-state index in [1.54, 1.807) is 11.3 Å². The van der Waals surface area contributed by atoms with Crippen LogP contribution in [-0.2, 0) is 0 Å². The number of aromatic nitrogens is 4. The molecule has 6 heteroatoms. The Kier molecular flexibility index (Phi) is 6.82. The average Bonchev–Trinajstić information content (AvgIpc) is 3.97. The maximum Gasteiger partial charge on any atom is 0.167 e. The van der Waals surface area contributed by atoms with E-state index in [4.69, 9.17) is 19.4 Å². The first kappa shape index (κ1) is 32.4. The van der Waals surface area contributed by atoms with Crippen LogP contribution in [-0.4, -0.2) is 19.5 Å². The minimum Gasteiger partial charge on any atom is -0.455 e. The van der Waals surface area contributed by atoms with Crippen LogP contribution in [0.25, 0.3) is 125 Å². The van der Waals surface area contributed by atoms with Gasteiger partial charge in [0.25, 0.3) is 0 Å². The monoisotopic (exact) mass is 770 g/mol. The fourth-order valence-electron chi connectivity index (χ4n) is 9.04. The molecule has 9 aromatic carbocycles. The Hall–Kier alpha value is -7.67. The zero-order valence-corrected chi connectivity index (χ0v) is 32.2. The highest BCUT2D eigenvalue weighted by molar-refractivity contribution is 7.25. The Balaban J connectivity index is 1.08. The summed E-state index contributed by atoms with van der Waals surface area (Å²) in [6.07, 6.45) is 0. The number of nitrogens with zero attached hydrogens (tertiary/aromatic N) is 4. The number of benzene rings is 9. The van der Waals surface area contributed by atoms with Gasteiger partial charge < -0.3 is 8.98 Å². The third kappa shape index (κ3) is 4.94. The lowest BCUT2D eigenvalue weighted by atomic mass is 10.0. The molecule has 59 heavy (non-hydrogen) atoms. The van der Waals surface area contributed by atoms with Crippen molar-refractivity contribution in [3.8, 4) is 39.9 Å². The summed E-state index contributed by atoms with van der Waals surface area (Å²) in [5, 5.41) is 11.7. The molecular formula is C53H30N4OS. The van der Waals surface area contributed by atoms with Gasteiger partial charge in [0.1, 0.15) is 11.2 Å². The number of fused-ring (bicyclic) bond motifs is 11. The van der Waals surface area contributed by atoms with Gasteiger partial charge in [-0.2, -0.15) is 0 Å². The van der Waals surface area contributed by atoms with Crippen LogP contribution in [0.4, 0.5) is 0 Å². The van der Waals surface area contributed by atoms with Crippen molar-refractivity contribution in [2.75, 3.05) is 0 Å². The van der Waals surface area contributed by atoms with Gasteiger partial charge in [-0.3, -0.25) is 0 Å². The average molecular weight is 771 g/mol. The van der Waals surface area contributed by atoms with E-state index in [0.29, 0.717) is 17.5 Å². The maximum absolute atomic E-state index is 6.90. The second-order valence-corrected chi connectivity index (χ2v) is 16.3. The molecule has 0 radical (unpaired) electrons. The van der Waals surface area contributed by atoms with Gasteiger partial charge in [0, 0.05) is 47.5 Å². The van der Waals surface area contributed by atoms with Crippen molar-refractivity contribution >= 4 is 96.8 Å². The van der Waals surface area contributed by atoms with Crippen molar-refractivity contribution in [2.45, 2.75) is 0 Å². The fraction of sp³-hybridized carbons (Fsp3) is 0. The second-order valence-electron chi connectivity index (χ2n) is 15.2. The fourth-order valence-corrected chi connectivity index (χ4v) is 10.2. The number of furan rings is 1. The Morgan fingerprint density at radius 1 is 0.407 bits per heavy atom. The molecule has 0 amide bonds. The van der Waals surface area contributed by atoms with E-state index >= 15 is 0 Å². The predicted molar refractivity (Wildman–Crippen MR) is 246 cm³/mol. The lowest BCUT2D eigenvalue weighted by Crippen LogP contribution is -2.01. The van der Waals surface area contributed by atoms with Gasteiger partial charge in [0.2, 0.25) is 0 Å². The third-order valence-electron chi connectivity index (χ3n) is 11.8. The molecule has 0 spiro atoms. The summed E-state index contributed by atoms with van der Waals surface area (Å²) in [5.41, 5.74) is 7.51. The summed E-state index contributed by atoms with van der Waals surface area (Å²) in [7, 11) is 0. The van der Waals surface area contributed by atoms with E-state index in [2.05, 4.69) is 174 Å². The molecule has 0 aliphatic heterocycles. The summed E-state index contributed by atoms with van der Waals surface area (Å²) in [6, 6.07) is 64.4. The quantitative estimate of drug-likeness (QED) is 0.179. The summed E-state index contributed by atoms with van der Waals surface area (Å²) in [4.78, 5) is 15.7. The number of hydrogen-bond donors (Lipinski definition) is 0. The smallest absolute Gasteiger partial charge is 0.167 e. The number of rotatable bonds is 4. The Morgan fingerprint density at radius 2 is 1.03 bits per heavy atom. The summed E-state index contributed by atoms with van der Waals surface area (Å²) in [6.45, 7) is 0. The molecule has 0 aliphatic carbocycles. The van der Waals surface area contributed by atoms with Gasteiger partial charge >= 0.3 is 0 Å². The SMILES string of the molecule is c1ccc2cc(-c3nc(-c4ccc5c(c4)sc4ccccc45)nc(-c4ccc(-n5c6ccccc6c6cc7ccccc7cc65)c5c4oc4ccccc45)n3)ccc2c1. The van der Waals surface area contributed by atoms with Crippen LogP contribution in [0.3, 0.4) is 0 Å². The van der Waals surface area contributed by atoms with E-state index in [1.807, 2.05) is 12.1 Å². The highest BCUT2D eigenvalue weighted by Gasteiger charge is 2.23. The second kappa shape index (κ2) is 12.4.